The number of rotatable bonds is 13. The molecule has 2 aromatic heterocycles. The fourth-order valence-corrected chi connectivity index (χ4v) is 4.83. The van der Waals surface area contributed by atoms with Crippen molar-refractivity contribution >= 4 is 46.8 Å². The Balaban J connectivity index is 1.31. The van der Waals surface area contributed by atoms with Crippen LogP contribution in [0, 0.1) is 5.41 Å². The Morgan fingerprint density at radius 3 is 2.25 bits per heavy atom. The molecule has 0 bridgehead atoms. The standard InChI is InChI=1S/C32H38ClF3N8O4/c1-31(2,18-40-28(46)29(47)41-23-6-4-3-5-7-23)17-39-27(45)21-10-13-24(38-16-21)42-26-14-25(37-15-20-8-11-22(33)12-9-20)43-30(44-26)48-19-32(34,35)36/h8-14,16,23H,3-7,15,17-19H2,1-2H3,(H,39,45)(H,40,46)(H,41,47)(H2,37,38,42,43,44). The van der Waals surface area contributed by atoms with Crippen LogP contribution in [-0.4, -0.2) is 64.6 Å². The first-order valence-corrected chi connectivity index (χ1v) is 15.8. The van der Waals surface area contributed by atoms with Crippen molar-refractivity contribution in [3.8, 4) is 6.01 Å². The van der Waals surface area contributed by atoms with Gasteiger partial charge in [0.1, 0.15) is 17.5 Å². The summed E-state index contributed by atoms with van der Waals surface area (Å²) in [7, 11) is 0. The summed E-state index contributed by atoms with van der Waals surface area (Å²) in [6, 6.07) is 11.0. The van der Waals surface area contributed by atoms with Crippen LogP contribution in [-0.2, 0) is 16.1 Å². The van der Waals surface area contributed by atoms with E-state index in [1.807, 2.05) is 13.8 Å². The van der Waals surface area contributed by atoms with E-state index >= 15 is 0 Å². The summed E-state index contributed by atoms with van der Waals surface area (Å²) < 4.78 is 43.1. The minimum absolute atomic E-state index is 0.0236. The van der Waals surface area contributed by atoms with E-state index in [9.17, 15) is 27.6 Å². The molecule has 3 amide bonds. The normalized spacial score (nSPS) is 13.7. The van der Waals surface area contributed by atoms with Crippen molar-refractivity contribution in [2.45, 2.75) is 64.7 Å². The molecule has 0 saturated heterocycles. The van der Waals surface area contributed by atoms with E-state index in [1.165, 1.54) is 24.4 Å². The Kier molecular flexibility index (Phi) is 12.4. The molecule has 0 atom stereocenters. The molecule has 3 aromatic rings. The largest absolute Gasteiger partial charge is 0.454 e. The van der Waals surface area contributed by atoms with Gasteiger partial charge in [0, 0.05) is 43.0 Å². The second-order valence-corrected chi connectivity index (χ2v) is 12.6. The van der Waals surface area contributed by atoms with Crippen molar-refractivity contribution < 1.29 is 32.3 Å². The van der Waals surface area contributed by atoms with Gasteiger partial charge >= 0.3 is 24.0 Å². The lowest BCUT2D eigenvalue weighted by Gasteiger charge is -2.26. The number of aromatic nitrogens is 3. The fraction of sp³-hybridized carbons (Fsp3) is 0.438. The Labute approximate surface area is 281 Å². The number of ether oxygens (including phenoxy) is 1. The lowest BCUT2D eigenvalue weighted by Crippen LogP contribution is -2.48. The number of benzene rings is 1. The van der Waals surface area contributed by atoms with Crippen LogP contribution in [0.2, 0.25) is 5.02 Å². The number of nitrogens with zero attached hydrogens (tertiary/aromatic N) is 3. The van der Waals surface area contributed by atoms with Crippen molar-refractivity contribution in [2.75, 3.05) is 30.3 Å². The minimum Gasteiger partial charge on any atom is -0.454 e. The van der Waals surface area contributed by atoms with Crippen LogP contribution in [0.1, 0.15) is 61.9 Å². The molecule has 2 heterocycles. The van der Waals surface area contributed by atoms with Crippen LogP contribution in [0.4, 0.5) is 30.6 Å². The number of alkyl halides is 3. The first kappa shape index (κ1) is 36.2. The zero-order valence-electron chi connectivity index (χ0n) is 26.5. The SMILES string of the molecule is CC(C)(CNC(=O)C(=O)NC1CCCCC1)CNC(=O)c1ccc(Nc2cc(NCc3ccc(Cl)cc3)nc(OCC(F)(F)F)n2)nc1. The van der Waals surface area contributed by atoms with Gasteiger partial charge in [0.05, 0.1) is 5.56 Å². The van der Waals surface area contributed by atoms with E-state index in [-0.39, 0.29) is 42.1 Å². The quantitative estimate of drug-likeness (QED) is 0.153. The van der Waals surface area contributed by atoms with Crippen LogP contribution in [0.25, 0.3) is 0 Å². The Hall–Kier alpha value is -4.66. The number of anilines is 3. The number of pyridine rings is 1. The number of carbonyl (C=O) groups is 3. The molecule has 0 unspecified atom stereocenters. The number of amides is 3. The molecule has 1 saturated carbocycles. The maximum absolute atomic E-state index is 12.8. The van der Waals surface area contributed by atoms with Gasteiger partial charge in [-0.15, -0.1) is 0 Å². The molecule has 1 aliphatic rings. The van der Waals surface area contributed by atoms with Crippen molar-refractivity contribution in [1.29, 1.82) is 0 Å². The smallest absolute Gasteiger partial charge is 0.422 e. The van der Waals surface area contributed by atoms with Gasteiger partial charge in [-0.1, -0.05) is 56.8 Å². The summed E-state index contributed by atoms with van der Waals surface area (Å²) in [5.41, 5.74) is 0.532. The Morgan fingerprint density at radius 1 is 0.896 bits per heavy atom. The van der Waals surface area contributed by atoms with Gasteiger partial charge in [-0.25, -0.2) is 4.98 Å². The second kappa shape index (κ2) is 16.4. The van der Waals surface area contributed by atoms with Gasteiger partial charge in [0.25, 0.3) is 5.91 Å². The molecule has 5 N–H and O–H groups in total. The van der Waals surface area contributed by atoms with Crippen molar-refractivity contribution in [3.63, 3.8) is 0 Å². The molecule has 1 fully saturated rings. The zero-order valence-corrected chi connectivity index (χ0v) is 27.3. The number of carbonyl (C=O) groups excluding carboxylic acids is 3. The molecule has 1 aromatic carbocycles. The minimum atomic E-state index is -4.59. The number of nitrogens with one attached hydrogen (secondary N) is 5. The highest BCUT2D eigenvalue weighted by Crippen LogP contribution is 2.23. The van der Waals surface area contributed by atoms with Crippen molar-refractivity contribution in [3.05, 3.63) is 64.8 Å². The van der Waals surface area contributed by atoms with Crippen molar-refractivity contribution in [2.24, 2.45) is 5.41 Å². The zero-order chi connectivity index (χ0) is 34.7. The molecule has 0 radical (unpaired) electrons. The molecule has 0 aliphatic heterocycles. The van der Waals surface area contributed by atoms with Crippen LogP contribution >= 0.6 is 11.6 Å². The molecule has 12 nitrogen and oxygen atoms in total. The third-order valence-corrected chi connectivity index (χ3v) is 7.59. The van der Waals surface area contributed by atoms with Gasteiger partial charge < -0.3 is 31.3 Å². The monoisotopic (exact) mass is 690 g/mol. The van der Waals surface area contributed by atoms with Gasteiger partial charge in [-0.3, -0.25) is 14.4 Å². The van der Waals surface area contributed by atoms with E-state index in [0.717, 1.165) is 37.7 Å². The summed E-state index contributed by atoms with van der Waals surface area (Å²) in [4.78, 5) is 49.6. The average molecular weight is 691 g/mol. The highest BCUT2D eigenvalue weighted by Gasteiger charge is 2.29. The molecule has 48 heavy (non-hydrogen) atoms. The number of hydrogen-bond acceptors (Lipinski definition) is 9. The summed E-state index contributed by atoms with van der Waals surface area (Å²) in [5, 5.41) is 14.7. The Morgan fingerprint density at radius 2 is 1.58 bits per heavy atom. The molecule has 16 heteroatoms. The third kappa shape index (κ3) is 12.2. The molecule has 0 spiro atoms. The molecular weight excluding hydrogens is 653 g/mol. The van der Waals surface area contributed by atoms with Gasteiger partial charge in [0.2, 0.25) is 0 Å². The first-order valence-electron chi connectivity index (χ1n) is 15.4. The molecule has 1 aliphatic carbocycles. The highest BCUT2D eigenvalue weighted by molar-refractivity contribution is 6.35. The summed E-state index contributed by atoms with van der Waals surface area (Å²) in [6.07, 6.45) is 1.68. The number of halogens is 4. The average Bonchev–Trinajstić information content (AvgIpc) is 3.05. The maximum atomic E-state index is 12.8. The summed E-state index contributed by atoms with van der Waals surface area (Å²) >= 11 is 5.92. The second-order valence-electron chi connectivity index (χ2n) is 12.2. The molecular formula is C32H38ClF3N8O4. The predicted molar refractivity (Wildman–Crippen MR) is 174 cm³/mol. The van der Waals surface area contributed by atoms with Gasteiger partial charge in [-0.2, -0.15) is 23.1 Å². The highest BCUT2D eigenvalue weighted by atomic mass is 35.5. The molecule has 258 valence electrons. The van der Waals surface area contributed by atoms with Gasteiger partial charge in [0.15, 0.2) is 6.61 Å². The summed E-state index contributed by atoms with van der Waals surface area (Å²) in [6.45, 7) is 2.76. The van der Waals surface area contributed by atoms with Crippen LogP contribution < -0.4 is 31.3 Å². The van der Waals surface area contributed by atoms with E-state index in [2.05, 4.69) is 41.5 Å². The van der Waals surface area contributed by atoms with E-state index in [1.54, 1.807) is 24.3 Å². The van der Waals surface area contributed by atoms with Gasteiger partial charge in [-0.05, 0) is 48.1 Å². The number of hydrogen-bond donors (Lipinski definition) is 5. The Bertz CT molecular complexity index is 1550. The lowest BCUT2D eigenvalue weighted by molar-refractivity contribution is -0.154. The maximum Gasteiger partial charge on any atom is 0.422 e. The fourth-order valence-electron chi connectivity index (χ4n) is 4.70. The van der Waals surface area contributed by atoms with E-state index in [0.29, 0.717) is 11.6 Å². The predicted octanol–water partition coefficient (Wildman–Crippen LogP) is 5.14. The topological polar surface area (TPSA) is 159 Å². The van der Waals surface area contributed by atoms with Crippen molar-refractivity contribution in [1.82, 2.24) is 30.9 Å². The van der Waals surface area contributed by atoms with Crippen LogP contribution in [0.3, 0.4) is 0 Å². The van der Waals surface area contributed by atoms with E-state index in [4.69, 9.17) is 16.3 Å². The third-order valence-electron chi connectivity index (χ3n) is 7.34. The molecule has 4 rings (SSSR count). The van der Waals surface area contributed by atoms with E-state index < -0.39 is 41.9 Å². The lowest BCUT2D eigenvalue weighted by atomic mass is 9.93. The first-order chi connectivity index (χ1) is 22.7. The van der Waals surface area contributed by atoms with Crippen LogP contribution in [0.15, 0.2) is 48.7 Å². The van der Waals surface area contributed by atoms with Crippen LogP contribution in [0.5, 0.6) is 6.01 Å². The summed E-state index contributed by atoms with van der Waals surface area (Å²) in [5.74, 6) is -1.23.